The normalized spacial score (nSPS) is 19.6. The van der Waals surface area contributed by atoms with Gasteiger partial charge in [-0.1, -0.05) is 11.8 Å². The summed E-state index contributed by atoms with van der Waals surface area (Å²) in [6, 6.07) is 7.49. The quantitative estimate of drug-likeness (QED) is 0.789. The Balaban J connectivity index is 2.11. The number of aliphatic hydroxyl groups excluding tert-OH is 1. The van der Waals surface area contributed by atoms with Crippen LogP contribution in [0.2, 0.25) is 0 Å². The minimum Gasteiger partial charge on any atom is -0.384 e. The van der Waals surface area contributed by atoms with Crippen molar-refractivity contribution >= 4 is 5.91 Å². The average Bonchev–Trinajstić information content (AvgIpc) is 2.65. The van der Waals surface area contributed by atoms with Crippen molar-refractivity contribution in [1.82, 2.24) is 9.80 Å². The maximum Gasteiger partial charge on any atom is 0.254 e. The van der Waals surface area contributed by atoms with Gasteiger partial charge in [-0.25, -0.2) is 0 Å². The molecule has 0 aromatic heterocycles. The molecule has 1 heterocycles. The van der Waals surface area contributed by atoms with Gasteiger partial charge in [-0.15, -0.1) is 0 Å². The van der Waals surface area contributed by atoms with Crippen LogP contribution in [0.1, 0.15) is 29.3 Å². The fraction of sp³-hybridized carbons (Fsp3) is 0.471. The molecule has 1 N–H and O–H groups in total. The Morgan fingerprint density at radius 3 is 2.71 bits per heavy atom. The van der Waals surface area contributed by atoms with E-state index in [0.29, 0.717) is 5.56 Å². The molecule has 21 heavy (non-hydrogen) atoms. The highest BCUT2D eigenvalue weighted by molar-refractivity contribution is 5.94. The Morgan fingerprint density at radius 1 is 1.33 bits per heavy atom. The van der Waals surface area contributed by atoms with Crippen LogP contribution < -0.4 is 0 Å². The van der Waals surface area contributed by atoms with Gasteiger partial charge in [-0.2, -0.15) is 0 Å². The Bertz CT molecular complexity index is 542. The van der Waals surface area contributed by atoms with Crippen molar-refractivity contribution in [2.75, 3.05) is 33.3 Å². The first kappa shape index (κ1) is 15.6. The van der Waals surface area contributed by atoms with Crippen molar-refractivity contribution in [3.8, 4) is 11.8 Å². The number of carbonyl (C=O) groups excluding carboxylic acids is 1. The lowest BCUT2D eigenvalue weighted by molar-refractivity contribution is 0.0696. The van der Waals surface area contributed by atoms with Crippen LogP contribution in [0.3, 0.4) is 0 Å². The molecular weight excluding hydrogens is 264 g/mol. The van der Waals surface area contributed by atoms with E-state index >= 15 is 0 Å². The minimum atomic E-state index is -0.153. The second-order valence-electron chi connectivity index (χ2n) is 5.50. The van der Waals surface area contributed by atoms with Gasteiger partial charge in [0.15, 0.2) is 0 Å². The molecule has 1 aliphatic rings. The first-order valence-corrected chi connectivity index (χ1v) is 7.31. The summed E-state index contributed by atoms with van der Waals surface area (Å²) >= 11 is 0. The number of rotatable bonds is 1. The molecule has 1 aliphatic heterocycles. The van der Waals surface area contributed by atoms with E-state index in [0.717, 1.165) is 31.6 Å². The van der Waals surface area contributed by atoms with E-state index in [4.69, 9.17) is 5.11 Å². The van der Waals surface area contributed by atoms with Crippen LogP contribution in [0, 0.1) is 11.8 Å². The largest absolute Gasteiger partial charge is 0.384 e. The summed E-state index contributed by atoms with van der Waals surface area (Å²) in [5, 5.41) is 8.68. The highest BCUT2D eigenvalue weighted by Crippen LogP contribution is 2.14. The molecule has 1 saturated heterocycles. The third-order valence-corrected chi connectivity index (χ3v) is 3.75. The van der Waals surface area contributed by atoms with Crippen molar-refractivity contribution in [3.63, 3.8) is 0 Å². The van der Waals surface area contributed by atoms with Crippen molar-refractivity contribution in [1.29, 1.82) is 0 Å². The monoisotopic (exact) mass is 286 g/mol. The zero-order valence-corrected chi connectivity index (χ0v) is 12.7. The number of benzene rings is 1. The van der Waals surface area contributed by atoms with E-state index in [1.165, 1.54) is 0 Å². The molecule has 0 saturated carbocycles. The first-order valence-electron chi connectivity index (χ1n) is 7.31. The Kier molecular flexibility index (Phi) is 5.38. The highest BCUT2D eigenvalue weighted by Gasteiger charge is 2.24. The van der Waals surface area contributed by atoms with E-state index in [1.54, 1.807) is 0 Å². The van der Waals surface area contributed by atoms with E-state index in [9.17, 15) is 4.79 Å². The Hall–Kier alpha value is -1.83. The van der Waals surface area contributed by atoms with Crippen molar-refractivity contribution in [3.05, 3.63) is 35.4 Å². The topological polar surface area (TPSA) is 43.8 Å². The van der Waals surface area contributed by atoms with Crippen LogP contribution >= 0.6 is 0 Å². The lowest BCUT2D eigenvalue weighted by Crippen LogP contribution is -2.41. The fourth-order valence-corrected chi connectivity index (χ4v) is 2.68. The second-order valence-corrected chi connectivity index (χ2v) is 5.50. The zero-order chi connectivity index (χ0) is 15.2. The predicted octanol–water partition coefficient (Wildman–Crippen LogP) is 1.20. The van der Waals surface area contributed by atoms with Gasteiger partial charge in [0, 0.05) is 30.3 Å². The van der Waals surface area contributed by atoms with Gasteiger partial charge in [-0.3, -0.25) is 4.79 Å². The van der Waals surface area contributed by atoms with E-state index < -0.39 is 0 Å². The van der Waals surface area contributed by atoms with Gasteiger partial charge < -0.3 is 14.9 Å². The molecule has 1 fully saturated rings. The number of hydrogen-bond acceptors (Lipinski definition) is 3. The molecule has 2 rings (SSSR count). The minimum absolute atomic E-state index is 0.0828. The average molecular weight is 286 g/mol. The summed E-state index contributed by atoms with van der Waals surface area (Å²) in [5.74, 6) is 5.52. The van der Waals surface area contributed by atoms with Gasteiger partial charge in [0.05, 0.1) is 0 Å². The smallest absolute Gasteiger partial charge is 0.254 e. The number of carbonyl (C=O) groups is 1. The zero-order valence-electron chi connectivity index (χ0n) is 12.7. The van der Waals surface area contributed by atoms with Gasteiger partial charge in [0.25, 0.3) is 5.91 Å². The van der Waals surface area contributed by atoms with Crippen molar-refractivity contribution in [2.45, 2.75) is 19.4 Å². The van der Waals surface area contributed by atoms with Crippen LogP contribution in [-0.4, -0.2) is 60.1 Å². The Labute approximate surface area is 126 Å². The highest BCUT2D eigenvalue weighted by atomic mass is 16.2. The molecule has 1 atom stereocenters. The molecule has 4 nitrogen and oxygen atoms in total. The van der Waals surface area contributed by atoms with Gasteiger partial charge in [-0.05, 0) is 51.2 Å². The van der Waals surface area contributed by atoms with Gasteiger partial charge in [0.1, 0.15) is 6.61 Å². The third-order valence-electron chi connectivity index (χ3n) is 3.75. The fourth-order valence-electron chi connectivity index (χ4n) is 2.68. The molecule has 1 aromatic carbocycles. The molecule has 0 aliphatic carbocycles. The van der Waals surface area contributed by atoms with Crippen LogP contribution in [0.15, 0.2) is 24.3 Å². The van der Waals surface area contributed by atoms with E-state index in [2.05, 4.69) is 30.7 Å². The van der Waals surface area contributed by atoms with Crippen molar-refractivity contribution in [2.24, 2.45) is 0 Å². The standard InChI is InChI=1S/C17H22N2O2/c1-14-13-18(2)10-4-11-19(14)17(21)16-8-6-15(7-9-16)5-3-12-20/h6-9,14,20H,4,10-13H2,1-2H3. The summed E-state index contributed by atoms with van der Waals surface area (Å²) in [5.41, 5.74) is 1.50. The summed E-state index contributed by atoms with van der Waals surface area (Å²) < 4.78 is 0. The van der Waals surface area contributed by atoms with Crippen LogP contribution in [0.4, 0.5) is 0 Å². The number of aliphatic hydroxyl groups is 1. The SMILES string of the molecule is CC1CN(C)CCCN1C(=O)c1ccc(C#CCO)cc1. The molecule has 112 valence electrons. The van der Waals surface area contributed by atoms with Gasteiger partial charge in [0.2, 0.25) is 0 Å². The first-order chi connectivity index (χ1) is 10.1. The lowest BCUT2D eigenvalue weighted by atomic mass is 10.1. The van der Waals surface area contributed by atoms with Crippen LogP contribution in [0.5, 0.6) is 0 Å². The molecule has 0 radical (unpaired) electrons. The molecule has 1 aromatic rings. The summed E-state index contributed by atoms with van der Waals surface area (Å²) in [4.78, 5) is 16.9. The Morgan fingerprint density at radius 2 is 2.05 bits per heavy atom. The summed E-state index contributed by atoms with van der Waals surface area (Å²) in [6.45, 7) is 4.69. The third kappa shape index (κ3) is 4.07. The lowest BCUT2D eigenvalue weighted by Gasteiger charge is -2.28. The summed E-state index contributed by atoms with van der Waals surface area (Å²) in [7, 11) is 2.10. The van der Waals surface area contributed by atoms with Gasteiger partial charge >= 0.3 is 0 Å². The number of likely N-dealkylation sites (N-methyl/N-ethyl adjacent to an activating group) is 1. The maximum absolute atomic E-state index is 12.6. The van der Waals surface area contributed by atoms with Crippen molar-refractivity contribution < 1.29 is 9.90 Å². The summed E-state index contributed by atoms with van der Waals surface area (Å²) in [6.07, 6.45) is 1.01. The van der Waals surface area contributed by atoms with Crippen LogP contribution in [-0.2, 0) is 0 Å². The molecule has 1 amide bonds. The molecule has 0 bridgehead atoms. The molecule has 0 spiro atoms. The maximum atomic E-state index is 12.6. The van der Waals surface area contributed by atoms with E-state index in [1.807, 2.05) is 29.2 Å². The predicted molar refractivity (Wildman–Crippen MR) is 83.0 cm³/mol. The second kappa shape index (κ2) is 7.26. The van der Waals surface area contributed by atoms with E-state index in [-0.39, 0.29) is 18.6 Å². The van der Waals surface area contributed by atoms with Crippen LogP contribution in [0.25, 0.3) is 0 Å². The number of hydrogen-bond donors (Lipinski definition) is 1. The number of nitrogens with zero attached hydrogens (tertiary/aromatic N) is 2. The number of amides is 1. The molecule has 4 heteroatoms. The molecule has 1 unspecified atom stereocenters. The molecular formula is C17H22N2O2.